The molecule has 1 unspecified atom stereocenters. The summed E-state index contributed by atoms with van der Waals surface area (Å²) in [6, 6.07) is 3.84. The number of ether oxygens (including phenoxy) is 1. The van der Waals surface area contributed by atoms with Crippen molar-refractivity contribution in [2.45, 2.75) is 25.8 Å². The van der Waals surface area contributed by atoms with Crippen LogP contribution in [0.2, 0.25) is 0 Å². The van der Waals surface area contributed by atoms with Gasteiger partial charge in [-0.25, -0.2) is 0 Å². The van der Waals surface area contributed by atoms with Gasteiger partial charge in [0.25, 0.3) is 0 Å². The molecule has 1 saturated heterocycles. The molecule has 0 aliphatic carbocycles. The number of likely N-dealkylation sites (tertiary alicyclic amines) is 1. The number of carbonyl (C=O) groups is 2. The average molecular weight is 349 g/mol. The predicted molar refractivity (Wildman–Crippen MR) is 92.9 cm³/mol. The molecule has 1 aromatic rings. The van der Waals surface area contributed by atoms with Crippen LogP contribution < -0.4 is 0 Å². The number of methoxy groups -OCH3 is 1. The maximum atomic E-state index is 12.6. The molecule has 1 aliphatic rings. The van der Waals surface area contributed by atoms with Crippen LogP contribution in [0.15, 0.2) is 24.5 Å². The summed E-state index contributed by atoms with van der Waals surface area (Å²) in [6.45, 7) is 2.14. The van der Waals surface area contributed by atoms with Crippen molar-refractivity contribution in [1.82, 2.24) is 14.8 Å². The van der Waals surface area contributed by atoms with E-state index in [1.807, 2.05) is 24.1 Å². The average Bonchev–Trinajstić information content (AvgIpc) is 2.60. The minimum atomic E-state index is -0.897. The first kappa shape index (κ1) is 19.3. The number of pyridine rings is 1. The van der Waals surface area contributed by atoms with Crippen LogP contribution in [0.25, 0.3) is 0 Å². The number of rotatable bonds is 8. The SMILES string of the molecule is COCCC1(C(=O)O)CCCN(C(=O)CN(C)Cc2cccnc2)C1. The fourth-order valence-electron chi connectivity index (χ4n) is 3.32. The lowest BCUT2D eigenvalue weighted by Gasteiger charge is -2.40. The van der Waals surface area contributed by atoms with Crippen molar-refractivity contribution in [1.29, 1.82) is 0 Å². The highest BCUT2D eigenvalue weighted by Crippen LogP contribution is 2.34. The van der Waals surface area contributed by atoms with E-state index in [-0.39, 0.29) is 19.0 Å². The van der Waals surface area contributed by atoms with Gasteiger partial charge in [0.1, 0.15) is 0 Å². The molecule has 138 valence electrons. The summed E-state index contributed by atoms with van der Waals surface area (Å²) in [5, 5.41) is 9.68. The molecule has 1 N–H and O–H groups in total. The number of carboxylic acid groups (broad SMARTS) is 1. The third-order valence-electron chi connectivity index (χ3n) is 4.75. The Morgan fingerprint density at radius 2 is 2.28 bits per heavy atom. The zero-order valence-electron chi connectivity index (χ0n) is 15.0. The highest BCUT2D eigenvalue weighted by molar-refractivity contribution is 5.81. The lowest BCUT2D eigenvalue weighted by Crippen LogP contribution is -2.52. The molecule has 0 saturated carbocycles. The third kappa shape index (κ3) is 5.24. The second kappa shape index (κ2) is 8.92. The summed E-state index contributed by atoms with van der Waals surface area (Å²) in [5.74, 6) is -0.875. The standard InChI is InChI=1S/C18H27N3O4/c1-20(12-15-5-3-8-19-11-15)13-16(22)21-9-4-6-18(14-21,17(23)24)7-10-25-2/h3,5,8,11H,4,6-7,9-10,12-14H2,1-2H3,(H,23,24). The van der Waals surface area contributed by atoms with Crippen molar-refractivity contribution in [3.8, 4) is 0 Å². The second-order valence-electron chi connectivity index (χ2n) is 6.78. The largest absolute Gasteiger partial charge is 0.481 e. The Morgan fingerprint density at radius 3 is 2.92 bits per heavy atom. The van der Waals surface area contributed by atoms with Gasteiger partial charge in [0, 0.05) is 45.7 Å². The first-order valence-corrected chi connectivity index (χ1v) is 8.54. The fourth-order valence-corrected chi connectivity index (χ4v) is 3.32. The molecule has 1 atom stereocenters. The van der Waals surface area contributed by atoms with E-state index < -0.39 is 11.4 Å². The number of piperidine rings is 1. The van der Waals surface area contributed by atoms with Crippen molar-refractivity contribution in [2.75, 3.05) is 40.4 Å². The third-order valence-corrected chi connectivity index (χ3v) is 4.75. The number of carbonyl (C=O) groups excluding carboxylic acids is 1. The number of amides is 1. The van der Waals surface area contributed by atoms with Crippen LogP contribution in [0.4, 0.5) is 0 Å². The Morgan fingerprint density at radius 1 is 1.48 bits per heavy atom. The van der Waals surface area contributed by atoms with Gasteiger partial charge in [0.15, 0.2) is 0 Å². The Balaban J connectivity index is 1.95. The molecule has 1 fully saturated rings. The molecule has 2 rings (SSSR count). The van der Waals surface area contributed by atoms with Gasteiger partial charge in [-0.05, 0) is 37.9 Å². The Kier molecular flexibility index (Phi) is 6.90. The molecular formula is C18H27N3O4. The zero-order valence-corrected chi connectivity index (χ0v) is 15.0. The smallest absolute Gasteiger partial charge is 0.311 e. The number of likely N-dealkylation sites (N-methyl/N-ethyl adjacent to an activating group) is 1. The van der Waals surface area contributed by atoms with E-state index in [1.165, 1.54) is 0 Å². The van der Waals surface area contributed by atoms with Crippen LogP contribution in [0, 0.1) is 5.41 Å². The number of aliphatic carboxylic acids is 1. The van der Waals surface area contributed by atoms with Gasteiger partial charge in [-0.15, -0.1) is 0 Å². The highest BCUT2D eigenvalue weighted by atomic mass is 16.5. The Hall–Kier alpha value is -1.99. The van der Waals surface area contributed by atoms with Crippen molar-refractivity contribution < 1.29 is 19.4 Å². The van der Waals surface area contributed by atoms with E-state index in [2.05, 4.69) is 4.98 Å². The van der Waals surface area contributed by atoms with E-state index in [0.717, 1.165) is 5.56 Å². The van der Waals surface area contributed by atoms with Gasteiger partial charge in [0.2, 0.25) is 5.91 Å². The van der Waals surface area contributed by atoms with Crippen molar-refractivity contribution in [2.24, 2.45) is 5.41 Å². The molecule has 25 heavy (non-hydrogen) atoms. The lowest BCUT2D eigenvalue weighted by atomic mass is 9.77. The molecule has 2 heterocycles. The molecule has 1 aliphatic heterocycles. The number of carboxylic acids is 1. The van der Waals surface area contributed by atoms with Crippen molar-refractivity contribution >= 4 is 11.9 Å². The highest BCUT2D eigenvalue weighted by Gasteiger charge is 2.43. The van der Waals surface area contributed by atoms with Gasteiger partial charge < -0.3 is 14.7 Å². The number of hydrogen-bond donors (Lipinski definition) is 1. The summed E-state index contributed by atoms with van der Waals surface area (Å²) in [5.41, 5.74) is 0.141. The van der Waals surface area contributed by atoms with Crippen LogP contribution in [-0.2, 0) is 20.9 Å². The molecule has 0 aromatic carbocycles. The van der Waals surface area contributed by atoms with Crippen molar-refractivity contribution in [3.05, 3.63) is 30.1 Å². The van der Waals surface area contributed by atoms with E-state index in [0.29, 0.717) is 39.0 Å². The van der Waals surface area contributed by atoms with Crippen LogP contribution in [-0.4, -0.2) is 72.2 Å². The summed E-state index contributed by atoms with van der Waals surface area (Å²) in [6.07, 6.45) is 5.21. The summed E-state index contributed by atoms with van der Waals surface area (Å²) in [4.78, 5) is 32.1. The van der Waals surface area contributed by atoms with Gasteiger partial charge in [-0.1, -0.05) is 6.07 Å². The second-order valence-corrected chi connectivity index (χ2v) is 6.78. The molecule has 1 aromatic heterocycles. The minimum absolute atomic E-state index is 0.0332. The molecular weight excluding hydrogens is 322 g/mol. The minimum Gasteiger partial charge on any atom is -0.481 e. The predicted octanol–water partition coefficient (Wildman–Crippen LogP) is 1.24. The Bertz CT molecular complexity index is 581. The lowest BCUT2D eigenvalue weighted by molar-refractivity contribution is -0.156. The number of aromatic nitrogens is 1. The number of nitrogens with zero attached hydrogens (tertiary/aromatic N) is 3. The van der Waals surface area contributed by atoms with Crippen LogP contribution in [0.1, 0.15) is 24.8 Å². The first-order valence-electron chi connectivity index (χ1n) is 8.54. The molecule has 0 radical (unpaired) electrons. The normalized spacial score (nSPS) is 20.7. The van der Waals surface area contributed by atoms with E-state index in [4.69, 9.17) is 4.74 Å². The van der Waals surface area contributed by atoms with Gasteiger partial charge in [-0.3, -0.25) is 19.5 Å². The van der Waals surface area contributed by atoms with Gasteiger partial charge in [0.05, 0.1) is 12.0 Å². The zero-order chi connectivity index (χ0) is 18.3. The quantitative estimate of drug-likeness (QED) is 0.760. The fraction of sp³-hybridized carbons (Fsp3) is 0.611. The summed E-state index contributed by atoms with van der Waals surface area (Å²) >= 11 is 0. The molecule has 7 heteroatoms. The topological polar surface area (TPSA) is 83.0 Å². The number of hydrogen-bond acceptors (Lipinski definition) is 5. The van der Waals surface area contributed by atoms with Gasteiger partial charge >= 0.3 is 5.97 Å². The van der Waals surface area contributed by atoms with Crippen molar-refractivity contribution in [3.63, 3.8) is 0 Å². The van der Waals surface area contributed by atoms with Gasteiger partial charge in [-0.2, -0.15) is 0 Å². The van der Waals surface area contributed by atoms with E-state index in [9.17, 15) is 14.7 Å². The first-order chi connectivity index (χ1) is 12.0. The van der Waals surface area contributed by atoms with Crippen LogP contribution >= 0.6 is 0 Å². The van der Waals surface area contributed by atoms with Crippen LogP contribution in [0.5, 0.6) is 0 Å². The Labute approximate surface area is 148 Å². The van der Waals surface area contributed by atoms with E-state index in [1.54, 1.807) is 24.4 Å². The van der Waals surface area contributed by atoms with E-state index >= 15 is 0 Å². The van der Waals surface area contributed by atoms with Crippen LogP contribution in [0.3, 0.4) is 0 Å². The monoisotopic (exact) mass is 349 g/mol. The maximum absolute atomic E-state index is 12.6. The summed E-state index contributed by atoms with van der Waals surface area (Å²) in [7, 11) is 3.44. The molecule has 7 nitrogen and oxygen atoms in total. The molecule has 1 amide bonds. The summed E-state index contributed by atoms with van der Waals surface area (Å²) < 4.78 is 5.07. The molecule has 0 spiro atoms. The molecule has 0 bridgehead atoms. The maximum Gasteiger partial charge on any atom is 0.311 e.